The van der Waals surface area contributed by atoms with E-state index in [1.165, 1.54) is 6.07 Å². The molecule has 2 nitrogen and oxygen atoms in total. The van der Waals surface area contributed by atoms with Gasteiger partial charge in [-0.05, 0) is 25.1 Å². The van der Waals surface area contributed by atoms with Crippen molar-refractivity contribution in [2.24, 2.45) is 0 Å². The van der Waals surface area contributed by atoms with Crippen LogP contribution in [-0.2, 0) is 6.54 Å². The zero-order valence-corrected chi connectivity index (χ0v) is 10.0. The molecule has 0 spiro atoms. The lowest BCUT2D eigenvalue weighted by atomic mass is 10.1. The van der Waals surface area contributed by atoms with Crippen LogP contribution >= 0.6 is 0 Å². The van der Waals surface area contributed by atoms with Crippen LogP contribution in [-0.4, -0.2) is 4.98 Å². The maximum Gasteiger partial charge on any atom is 0.163 e. The van der Waals surface area contributed by atoms with Gasteiger partial charge in [0.15, 0.2) is 11.6 Å². The number of pyridine rings is 1. The molecule has 18 heavy (non-hydrogen) atoms. The molecule has 0 amide bonds. The average molecular weight is 248 g/mol. The van der Waals surface area contributed by atoms with Crippen LogP contribution in [0.2, 0.25) is 0 Å². The maximum atomic E-state index is 13.4. The van der Waals surface area contributed by atoms with Crippen molar-refractivity contribution in [3.05, 3.63) is 65.5 Å². The van der Waals surface area contributed by atoms with Crippen LogP contribution in [0.4, 0.5) is 8.78 Å². The molecule has 0 aliphatic carbocycles. The number of rotatable bonds is 4. The van der Waals surface area contributed by atoms with Crippen LogP contribution in [0.3, 0.4) is 0 Å². The summed E-state index contributed by atoms with van der Waals surface area (Å²) in [6, 6.07) is 9.78. The summed E-state index contributed by atoms with van der Waals surface area (Å²) in [4.78, 5) is 4.20. The van der Waals surface area contributed by atoms with Crippen LogP contribution in [0.15, 0.2) is 42.6 Å². The van der Waals surface area contributed by atoms with Crippen molar-refractivity contribution in [1.82, 2.24) is 10.3 Å². The first-order valence-corrected chi connectivity index (χ1v) is 5.75. The second kappa shape index (κ2) is 5.69. The molecule has 2 rings (SSSR count). The smallest absolute Gasteiger partial charge is 0.163 e. The third-order valence-electron chi connectivity index (χ3n) is 2.76. The molecule has 1 aromatic heterocycles. The predicted molar refractivity (Wildman–Crippen MR) is 65.8 cm³/mol. The average Bonchev–Trinajstić information content (AvgIpc) is 2.41. The van der Waals surface area contributed by atoms with Gasteiger partial charge in [-0.3, -0.25) is 4.98 Å². The van der Waals surface area contributed by atoms with Gasteiger partial charge < -0.3 is 5.32 Å². The van der Waals surface area contributed by atoms with Gasteiger partial charge in [0.2, 0.25) is 0 Å². The van der Waals surface area contributed by atoms with E-state index in [2.05, 4.69) is 10.3 Å². The van der Waals surface area contributed by atoms with E-state index in [1.54, 1.807) is 12.3 Å². The molecule has 1 heterocycles. The first kappa shape index (κ1) is 12.6. The minimum atomic E-state index is -0.820. The van der Waals surface area contributed by atoms with Crippen molar-refractivity contribution in [1.29, 1.82) is 0 Å². The Balaban J connectivity index is 2.02. The number of nitrogens with zero attached hydrogens (tertiary/aromatic N) is 1. The van der Waals surface area contributed by atoms with Crippen LogP contribution in [0.5, 0.6) is 0 Å². The molecule has 1 atom stereocenters. The number of hydrogen-bond acceptors (Lipinski definition) is 2. The molecule has 1 aromatic carbocycles. The van der Waals surface area contributed by atoms with Crippen LogP contribution < -0.4 is 5.32 Å². The van der Waals surface area contributed by atoms with Gasteiger partial charge in [-0.2, -0.15) is 0 Å². The number of nitrogens with one attached hydrogen (secondary N) is 1. The summed E-state index contributed by atoms with van der Waals surface area (Å²) >= 11 is 0. The fraction of sp³-hybridized carbons (Fsp3) is 0.214. The fourth-order valence-electron chi connectivity index (χ4n) is 1.68. The molecule has 0 radical (unpaired) electrons. The standard InChI is InChI=1S/C14H14F2N2/c1-10(13-7-2-3-8-17-13)18-9-11-5-4-6-12(15)14(11)16/h2-8,10,18H,9H2,1H3/t10-/m1/s1. The van der Waals surface area contributed by atoms with Crippen molar-refractivity contribution < 1.29 is 8.78 Å². The largest absolute Gasteiger partial charge is 0.305 e. The highest BCUT2D eigenvalue weighted by Crippen LogP contribution is 2.13. The molecule has 0 aliphatic rings. The Morgan fingerprint density at radius 1 is 1.17 bits per heavy atom. The normalized spacial score (nSPS) is 12.4. The number of benzene rings is 1. The van der Waals surface area contributed by atoms with Crippen molar-refractivity contribution >= 4 is 0 Å². The Hall–Kier alpha value is -1.81. The molecular weight excluding hydrogens is 234 g/mol. The lowest BCUT2D eigenvalue weighted by Gasteiger charge is -2.13. The minimum Gasteiger partial charge on any atom is -0.305 e. The Bertz CT molecular complexity index is 514. The zero-order chi connectivity index (χ0) is 13.0. The molecule has 0 fully saturated rings. The van der Waals surface area contributed by atoms with E-state index >= 15 is 0 Å². The quantitative estimate of drug-likeness (QED) is 0.898. The topological polar surface area (TPSA) is 24.9 Å². The summed E-state index contributed by atoms with van der Waals surface area (Å²) in [7, 11) is 0. The molecule has 0 saturated heterocycles. The van der Waals surface area contributed by atoms with E-state index in [0.29, 0.717) is 5.56 Å². The van der Waals surface area contributed by atoms with Gasteiger partial charge >= 0.3 is 0 Å². The highest BCUT2D eigenvalue weighted by Gasteiger charge is 2.10. The van der Waals surface area contributed by atoms with E-state index in [1.807, 2.05) is 25.1 Å². The molecule has 0 unspecified atom stereocenters. The highest BCUT2D eigenvalue weighted by atomic mass is 19.2. The van der Waals surface area contributed by atoms with Gasteiger partial charge in [0.05, 0.1) is 5.69 Å². The van der Waals surface area contributed by atoms with E-state index in [-0.39, 0.29) is 12.6 Å². The lowest BCUT2D eigenvalue weighted by Crippen LogP contribution is -2.19. The van der Waals surface area contributed by atoms with Gasteiger partial charge in [-0.1, -0.05) is 18.2 Å². The molecule has 4 heteroatoms. The SMILES string of the molecule is C[C@@H](NCc1cccc(F)c1F)c1ccccn1. The van der Waals surface area contributed by atoms with Gasteiger partial charge in [0, 0.05) is 24.3 Å². The molecule has 0 saturated carbocycles. The Morgan fingerprint density at radius 3 is 2.72 bits per heavy atom. The van der Waals surface area contributed by atoms with Gasteiger partial charge in [0.1, 0.15) is 0 Å². The third-order valence-corrected chi connectivity index (χ3v) is 2.76. The summed E-state index contributed by atoms with van der Waals surface area (Å²) in [5.74, 6) is -1.61. The first-order valence-electron chi connectivity index (χ1n) is 5.75. The highest BCUT2D eigenvalue weighted by molar-refractivity contribution is 5.19. The van der Waals surface area contributed by atoms with Crippen LogP contribution in [0, 0.1) is 11.6 Å². The molecule has 0 bridgehead atoms. The summed E-state index contributed by atoms with van der Waals surface area (Å²) in [6.07, 6.45) is 1.70. The van der Waals surface area contributed by atoms with Crippen molar-refractivity contribution in [3.63, 3.8) is 0 Å². The van der Waals surface area contributed by atoms with Crippen LogP contribution in [0.25, 0.3) is 0 Å². The van der Waals surface area contributed by atoms with E-state index < -0.39 is 11.6 Å². The Labute approximate surface area is 105 Å². The summed E-state index contributed by atoms with van der Waals surface area (Å²) < 4.78 is 26.4. The third kappa shape index (κ3) is 2.90. The molecule has 1 N–H and O–H groups in total. The predicted octanol–water partition coefficient (Wildman–Crippen LogP) is 3.21. The fourth-order valence-corrected chi connectivity index (χ4v) is 1.68. The minimum absolute atomic E-state index is 0.0196. The monoisotopic (exact) mass is 248 g/mol. The molecular formula is C14H14F2N2. The Morgan fingerprint density at radius 2 is 2.00 bits per heavy atom. The zero-order valence-electron chi connectivity index (χ0n) is 10.0. The summed E-state index contributed by atoms with van der Waals surface area (Å²) in [5.41, 5.74) is 1.19. The maximum absolute atomic E-state index is 13.4. The van der Waals surface area contributed by atoms with Crippen molar-refractivity contribution in [2.75, 3.05) is 0 Å². The first-order chi connectivity index (χ1) is 8.68. The van der Waals surface area contributed by atoms with E-state index in [0.717, 1.165) is 11.8 Å². The van der Waals surface area contributed by atoms with Crippen molar-refractivity contribution in [2.45, 2.75) is 19.5 Å². The summed E-state index contributed by atoms with van der Waals surface area (Å²) in [5, 5.41) is 3.11. The lowest BCUT2D eigenvalue weighted by molar-refractivity contribution is 0.483. The number of halogens is 2. The van der Waals surface area contributed by atoms with Crippen molar-refractivity contribution in [3.8, 4) is 0 Å². The van der Waals surface area contributed by atoms with E-state index in [4.69, 9.17) is 0 Å². The Kier molecular flexibility index (Phi) is 3.99. The van der Waals surface area contributed by atoms with Gasteiger partial charge in [-0.15, -0.1) is 0 Å². The summed E-state index contributed by atoms with van der Waals surface area (Å²) in [6.45, 7) is 2.20. The van der Waals surface area contributed by atoms with Gasteiger partial charge in [0.25, 0.3) is 0 Å². The number of hydrogen-bond donors (Lipinski definition) is 1. The second-order valence-corrected chi connectivity index (χ2v) is 4.07. The van der Waals surface area contributed by atoms with Crippen LogP contribution in [0.1, 0.15) is 24.2 Å². The molecule has 94 valence electrons. The molecule has 2 aromatic rings. The van der Waals surface area contributed by atoms with Gasteiger partial charge in [-0.25, -0.2) is 8.78 Å². The van der Waals surface area contributed by atoms with E-state index in [9.17, 15) is 8.78 Å². The number of aromatic nitrogens is 1. The second-order valence-electron chi connectivity index (χ2n) is 4.07. The molecule has 0 aliphatic heterocycles.